The molecule has 0 radical (unpaired) electrons. The Morgan fingerprint density at radius 2 is 1.93 bits per heavy atom. The smallest absolute Gasteiger partial charge is 0.248 e. The Hall–Kier alpha value is -2.52. The largest absolute Gasteiger partial charge is 0.360 e. The van der Waals surface area contributed by atoms with E-state index in [2.05, 4.69) is 19.7 Å². The average molecular weight is 387 g/mol. The Kier molecular flexibility index (Phi) is 4.35. The Labute approximate surface area is 157 Å². The van der Waals surface area contributed by atoms with Crippen LogP contribution in [-0.2, 0) is 10.0 Å². The van der Waals surface area contributed by atoms with Gasteiger partial charge in [-0.3, -0.25) is 4.98 Å². The van der Waals surface area contributed by atoms with E-state index in [1.165, 1.54) is 4.31 Å². The van der Waals surface area contributed by atoms with E-state index in [0.717, 1.165) is 23.5 Å². The summed E-state index contributed by atoms with van der Waals surface area (Å²) in [5, 5.41) is 3.79. The molecule has 1 unspecified atom stereocenters. The maximum absolute atomic E-state index is 13.1. The number of rotatable bonds is 4. The third kappa shape index (κ3) is 2.96. The molecule has 0 amide bonds. The highest BCUT2D eigenvalue weighted by atomic mass is 32.2. The van der Waals surface area contributed by atoms with E-state index in [-0.39, 0.29) is 10.9 Å². The predicted molar refractivity (Wildman–Crippen MR) is 98.6 cm³/mol. The van der Waals surface area contributed by atoms with Crippen molar-refractivity contribution >= 4 is 10.0 Å². The molecule has 1 atom stereocenters. The predicted octanol–water partition coefficient (Wildman–Crippen LogP) is 2.49. The van der Waals surface area contributed by atoms with Crippen LogP contribution in [0.3, 0.4) is 0 Å². The minimum atomic E-state index is -3.64. The molecule has 9 heteroatoms. The van der Waals surface area contributed by atoms with Crippen molar-refractivity contribution in [1.82, 2.24) is 24.0 Å². The number of aryl methyl sites for hydroxylation is 3. The molecule has 1 fully saturated rings. The Bertz CT molecular complexity index is 1050. The van der Waals surface area contributed by atoms with Crippen LogP contribution in [0.2, 0.25) is 0 Å². The highest BCUT2D eigenvalue weighted by molar-refractivity contribution is 7.89. The van der Waals surface area contributed by atoms with Crippen molar-refractivity contribution in [3.63, 3.8) is 0 Å². The van der Waals surface area contributed by atoms with Crippen LogP contribution in [0.5, 0.6) is 0 Å². The van der Waals surface area contributed by atoms with Gasteiger partial charge in [0, 0.05) is 42.9 Å². The molecule has 0 saturated carbocycles. The molecule has 4 heterocycles. The standard InChI is InChI=1S/C18H21N5O3S/c1-12-10-20-18(15-4-7-19-8-5-15)23(12)16-6-9-22(11-16)27(24,25)17-13(2)21-26-14(17)3/h4-5,7-8,10,16H,6,9,11H2,1-3H3. The van der Waals surface area contributed by atoms with E-state index < -0.39 is 10.0 Å². The second-order valence-electron chi connectivity index (χ2n) is 6.79. The quantitative estimate of drug-likeness (QED) is 0.683. The lowest BCUT2D eigenvalue weighted by molar-refractivity contribution is 0.389. The molecular formula is C18H21N5O3S. The first-order valence-corrected chi connectivity index (χ1v) is 10.2. The topological polar surface area (TPSA) is 94.1 Å². The van der Waals surface area contributed by atoms with Crippen molar-refractivity contribution in [2.45, 2.75) is 38.1 Å². The monoisotopic (exact) mass is 387 g/mol. The molecule has 8 nitrogen and oxygen atoms in total. The Morgan fingerprint density at radius 3 is 2.59 bits per heavy atom. The molecule has 0 N–H and O–H groups in total. The third-order valence-electron chi connectivity index (χ3n) is 4.98. The van der Waals surface area contributed by atoms with Gasteiger partial charge in [-0.2, -0.15) is 4.31 Å². The lowest BCUT2D eigenvalue weighted by Crippen LogP contribution is -2.30. The molecule has 0 aliphatic carbocycles. The number of hydrogen-bond acceptors (Lipinski definition) is 6. The van der Waals surface area contributed by atoms with Crippen LogP contribution in [0, 0.1) is 20.8 Å². The first kappa shape index (κ1) is 17.9. The second-order valence-corrected chi connectivity index (χ2v) is 8.66. The van der Waals surface area contributed by atoms with E-state index >= 15 is 0 Å². The molecule has 1 saturated heterocycles. The highest BCUT2D eigenvalue weighted by Crippen LogP contribution is 2.33. The van der Waals surface area contributed by atoms with E-state index in [0.29, 0.717) is 24.5 Å². The highest BCUT2D eigenvalue weighted by Gasteiger charge is 2.37. The van der Waals surface area contributed by atoms with Crippen LogP contribution in [0.15, 0.2) is 40.1 Å². The van der Waals surface area contributed by atoms with Crippen LogP contribution >= 0.6 is 0 Å². The van der Waals surface area contributed by atoms with E-state index in [1.54, 1.807) is 26.2 Å². The fraction of sp³-hybridized carbons (Fsp3) is 0.389. The minimum Gasteiger partial charge on any atom is -0.360 e. The molecule has 0 spiro atoms. The number of hydrogen-bond donors (Lipinski definition) is 0. The maximum Gasteiger partial charge on any atom is 0.248 e. The SMILES string of the molecule is Cc1noc(C)c1S(=O)(=O)N1CCC(n2c(C)cnc2-c2ccncc2)C1. The first-order valence-electron chi connectivity index (χ1n) is 8.77. The molecule has 1 aliphatic rings. The van der Waals surface area contributed by atoms with Gasteiger partial charge in [0.25, 0.3) is 0 Å². The summed E-state index contributed by atoms with van der Waals surface area (Å²) in [4.78, 5) is 8.77. The fourth-order valence-corrected chi connectivity index (χ4v) is 5.52. The van der Waals surface area contributed by atoms with Gasteiger partial charge < -0.3 is 9.09 Å². The molecule has 3 aromatic heterocycles. The van der Waals surface area contributed by atoms with Crippen molar-refractivity contribution in [2.24, 2.45) is 0 Å². The van der Waals surface area contributed by atoms with Gasteiger partial charge in [-0.25, -0.2) is 13.4 Å². The van der Waals surface area contributed by atoms with Gasteiger partial charge in [0.1, 0.15) is 16.4 Å². The third-order valence-corrected chi connectivity index (χ3v) is 7.09. The van der Waals surface area contributed by atoms with E-state index in [1.807, 2.05) is 25.3 Å². The number of nitrogens with zero attached hydrogens (tertiary/aromatic N) is 5. The molecule has 27 heavy (non-hydrogen) atoms. The zero-order chi connectivity index (χ0) is 19.2. The molecule has 4 rings (SSSR count). The van der Waals surface area contributed by atoms with Crippen LogP contribution in [0.25, 0.3) is 11.4 Å². The van der Waals surface area contributed by atoms with Gasteiger partial charge in [-0.1, -0.05) is 5.16 Å². The van der Waals surface area contributed by atoms with Crippen molar-refractivity contribution < 1.29 is 12.9 Å². The lowest BCUT2D eigenvalue weighted by Gasteiger charge is -2.19. The summed E-state index contributed by atoms with van der Waals surface area (Å²) in [6.07, 6.45) is 6.00. The fourth-order valence-electron chi connectivity index (χ4n) is 3.73. The summed E-state index contributed by atoms with van der Waals surface area (Å²) in [6, 6.07) is 3.84. The molecule has 142 valence electrons. The van der Waals surface area contributed by atoms with Crippen molar-refractivity contribution in [3.8, 4) is 11.4 Å². The molecule has 1 aliphatic heterocycles. The minimum absolute atomic E-state index is 0.0194. The zero-order valence-corrected chi connectivity index (χ0v) is 16.3. The first-order chi connectivity index (χ1) is 12.9. The van der Waals surface area contributed by atoms with Crippen molar-refractivity contribution in [1.29, 1.82) is 0 Å². The molecule has 0 bridgehead atoms. The van der Waals surface area contributed by atoms with Crippen LogP contribution in [0.4, 0.5) is 0 Å². The summed E-state index contributed by atoms with van der Waals surface area (Å²) in [7, 11) is -3.64. The summed E-state index contributed by atoms with van der Waals surface area (Å²) >= 11 is 0. The lowest BCUT2D eigenvalue weighted by atomic mass is 10.2. The summed E-state index contributed by atoms with van der Waals surface area (Å²) < 4.78 is 34.9. The Balaban J connectivity index is 1.66. The summed E-state index contributed by atoms with van der Waals surface area (Å²) in [6.45, 7) is 6.11. The van der Waals surface area contributed by atoms with E-state index in [4.69, 9.17) is 4.52 Å². The zero-order valence-electron chi connectivity index (χ0n) is 15.5. The number of sulfonamides is 1. The van der Waals surface area contributed by atoms with Gasteiger partial charge in [0.15, 0.2) is 5.76 Å². The maximum atomic E-state index is 13.1. The summed E-state index contributed by atoms with van der Waals surface area (Å²) in [5.41, 5.74) is 2.36. The van der Waals surface area contributed by atoms with Gasteiger partial charge in [0.2, 0.25) is 10.0 Å². The van der Waals surface area contributed by atoms with Crippen LogP contribution in [-0.4, -0.2) is 45.5 Å². The van der Waals surface area contributed by atoms with Crippen molar-refractivity contribution in [3.05, 3.63) is 47.9 Å². The van der Waals surface area contributed by atoms with E-state index in [9.17, 15) is 8.42 Å². The van der Waals surface area contributed by atoms with Crippen LogP contribution < -0.4 is 0 Å². The normalized spacial score (nSPS) is 18.3. The number of pyridine rings is 1. The Morgan fingerprint density at radius 1 is 1.19 bits per heavy atom. The van der Waals surface area contributed by atoms with Gasteiger partial charge in [-0.15, -0.1) is 0 Å². The van der Waals surface area contributed by atoms with Gasteiger partial charge >= 0.3 is 0 Å². The molecular weight excluding hydrogens is 366 g/mol. The number of aromatic nitrogens is 4. The second kappa shape index (κ2) is 6.58. The van der Waals surface area contributed by atoms with Gasteiger partial charge in [0.05, 0.1) is 6.04 Å². The molecule has 3 aromatic rings. The summed E-state index contributed by atoms with van der Waals surface area (Å²) in [5.74, 6) is 1.16. The number of imidazole rings is 1. The van der Waals surface area contributed by atoms with Crippen LogP contribution in [0.1, 0.15) is 29.6 Å². The van der Waals surface area contributed by atoms with Gasteiger partial charge in [-0.05, 0) is 39.3 Å². The average Bonchev–Trinajstić information content (AvgIpc) is 3.35. The van der Waals surface area contributed by atoms with Crippen molar-refractivity contribution in [2.75, 3.05) is 13.1 Å². The molecule has 0 aromatic carbocycles.